The van der Waals surface area contributed by atoms with Crippen molar-refractivity contribution in [2.75, 3.05) is 20.2 Å². The van der Waals surface area contributed by atoms with Crippen LogP contribution in [0.25, 0.3) is 10.2 Å². The molecule has 0 aliphatic carbocycles. The third-order valence-corrected chi connectivity index (χ3v) is 5.67. The Labute approximate surface area is 145 Å². The molecule has 2 heterocycles. The molecule has 1 fully saturated rings. The van der Waals surface area contributed by atoms with Gasteiger partial charge in [-0.3, -0.25) is 4.90 Å². The predicted octanol–water partition coefficient (Wildman–Crippen LogP) is 3.23. The zero-order chi connectivity index (χ0) is 16.5. The van der Waals surface area contributed by atoms with Crippen molar-refractivity contribution in [2.45, 2.75) is 18.5 Å². The van der Waals surface area contributed by atoms with Crippen LogP contribution >= 0.6 is 11.3 Å². The zero-order valence-corrected chi connectivity index (χ0v) is 14.5. The van der Waals surface area contributed by atoms with Crippen molar-refractivity contribution in [3.05, 3.63) is 59.1 Å². The molecule has 24 heavy (non-hydrogen) atoms. The summed E-state index contributed by atoms with van der Waals surface area (Å²) in [6.07, 6.45) is 0. The molecule has 124 valence electrons. The van der Waals surface area contributed by atoms with E-state index in [4.69, 9.17) is 15.5 Å². The average Bonchev–Trinajstić information content (AvgIpc) is 3.17. The fourth-order valence-electron chi connectivity index (χ4n) is 3.43. The van der Waals surface area contributed by atoms with Gasteiger partial charge in [0.2, 0.25) is 0 Å². The second-order valence-electron chi connectivity index (χ2n) is 6.32. The molecule has 1 aromatic heterocycles. The molecule has 2 aromatic carbocycles. The summed E-state index contributed by atoms with van der Waals surface area (Å²) in [6.45, 7) is 2.77. The SMILES string of the molecule is COc1ccc2nc(CN3C[C@@H](N)[C@H](c4ccccc4)C3)sc2c1. The Kier molecular flexibility index (Phi) is 4.22. The van der Waals surface area contributed by atoms with Crippen molar-refractivity contribution < 1.29 is 4.74 Å². The van der Waals surface area contributed by atoms with Crippen LogP contribution in [-0.4, -0.2) is 36.1 Å². The number of hydrogen-bond donors (Lipinski definition) is 1. The quantitative estimate of drug-likeness (QED) is 0.793. The first-order valence-corrected chi connectivity index (χ1v) is 9.01. The van der Waals surface area contributed by atoms with E-state index >= 15 is 0 Å². The van der Waals surface area contributed by atoms with Gasteiger partial charge < -0.3 is 10.5 Å². The Bertz CT molecular complexity index is 833. The number of methoxy groups -OCH3 is 1. The zero-order valence-electron chi connectivity index (χ0n) is 13.7. The minimum Gasteiger partial charge on any atom is -0.497 e. The number of nitrogens with zero attached hydrogens (tertiary/aromatic N) is 2. The van der Waals surface area contributed by atoms with Crippen LogP contribution in [0.1, 0.15) is 16.5 Å². The van der Waals surface area contributed by atoms with Crippen LogP contribution in [0.5, 0.6) is 5.75 Å². The molecular formula is C19H21N3OS. The van der Waals surface area contributed by atoms with Crippen molar-refractivity contribution >= 4 is 21.6 Å². The highest BCUT2D eigenvalue weighted by atomic mass is 32.1. The third kappa shape index (κ3) is 3.02. The van der Waals surface area contributed by atoms with Gasteiger partial charge in [0.1, 0.15) is 10.8 Å². The lowest BCUT2D eigenvalue weighted by atomic mass is 9.95. The van der Waals surface area contributed by atoms with E-state index in [1.54, 1.807) is 18.4 Å². The number of aromatic nitrogens is 1. The molecule has 0 radical (unpaired) electrons. The van der Waals surface area contributed by atoms with Crippen LogP contribution in [0.15, 0.2) is 48.5 Å². The lowest BCUT2D eigenvalue weighted by Crippen LogP contribution is -2.28. The second-order valence-corrected chi connectivity index (χ2v) is 7.43. The summed E-state index contributed by atoms with van der Waals surface area (Å²) in [5, 5.41) is 1.14. The van der Waals surface area contributed by atoms with Gasteiger partial charge >= 0.3 is 0 Å². The molecule has 0 saturated carbocycles. The van der Waals surface area contributed by atoms with E-state index in [-0.39, 0.29) is 6.04 Å². The van der Waals surface area contributed by atoms with Gasteiger partial charge in [0, 0.05) is 25.0 Å². The van der Waals surface area contributed by atoms with E-state index in [1.807, 2.05) is 12.1 Å². The number of likely N-dealkylation sites (tertiary alicyclic amines) is 1. The van der Waals surface area contributed by atoms with Crippen molar-refractivity contribution in [3.63, 3.8) is 0 Å². The molecule has 4 rings (SSSR count). The van der Waals surface area contributed by atoms with Crippen LogP contribution in [0, 0.1) is 0 Å². The van der Waals surface area contributed by atoms with Crippen LogP contribution in [0.4, 0.5) is 0 Å². The Morgan fingerprint density at radius 2 is 2.04 bits per heavy atom. The van der Waals surface area contributed by atoms with E-state index < -0.39 is 0 Å². The molecule has 5 heteroatoms. The summed E-state index contributed by atoms with van der Waals surface area (Å²) in [6, 6.07) is 16.8. The molecule has 0 bridgehead atoms. The van der Waals surface area contributed by atoms with Gasteiger partial charge in [-0.1, -0.05) is 30.3 Å². The summed E-state index contributed by atoms with van der Waals surface area (Å²) in [5.41, 5.74) is 8.77. The van der Waals surface area contributed by atoms with Crippen LogP contribution in [0.3, 0.4) is 0 Å². The number of ether oxygens (including phenoxy) is 1. The van der Waals surface area contributed by atoms with Gasteiger partial charge in [-0.25, -0.2) is 4.98 Å². The summed E-state index contributed by atoms with van der Waals surface area (Å²) in [7, 11) is 1.69. The molecule has 1 aliphatic heterocycles. The maximum absolute atomic E-state index is 6.39. The van der Waals surface area contributed by atoms with E-state index in [0.29, 0.717) is 5.92 Å². The topological polar surface area (TPSA) is 51.4 Å². The van der Waals surface area contributed by atoms with Crippen molar-refractivity contribution in [1.82, 2.24) is 9.88 Å². The second kappa shape index (κ2) is 6.51. The van der Waals surface area contributed by atoms with E-state index in [1.165, 1.54) is 10.3 Å². The largest absolute Gasteiger partial charge is 0.497 e. The van der Waals surface area contributed by atoms with Gasteiger partial charge in [0.25, 0.3) is 0 Å². The maximum atomic E-state index is 6.39. The highest BCUT2D eigenvalue weighted by molar-refractivity contribution is 7.18. The van der Waals surface area contributed by atoms with Gasteiger partial charge in [0.15, 0.2) is 0 Å². The minimum absolute atomic E-state index is 0.182. The monoisotopic (exact) mass is 339 g/mol. The summed E-state index contributed by atoms with van der Waals surface area (Å²) >= 11 is 1.74. The minimum atomic E-state index is 0.182. The lowest BCUT2D eigenvalue weighted by Gasteiger charge is -2.14. The number of fused-ring (bicyclic) bond motifs is 1. The Morgan fingerprint density at radius 3 is 2.83 bits per heavy atom. The first-order valence-electron chi connectivity index (χ1n) is 8.19. The number of nitrogens with two attached hydrogens (primary N) is 1. The predicted molar refractivity (Wildman–Crippen MR) is 98.6 cm³/mol. The normalized spacial score (nSPS) is 21.4. The van der Waals surface area contributed by atoms with Crippen molar-refractivity contribution in [2.24, 2.45) is 5.73 Å². The molecular weight excluding hydrogens is 318 g/mol. The Hall–Kier alpha value is -1.95. The molecule has 0 amide bonds. The fraction of sp³-hybridized carbons (Fsp3) is 0.316. The molecule has 3 aromatic rings. The lowest BCUT2D eigenvalue weighted by molar-refractivity contribution is 0.323. The summed E-state index contributed by atoms with van der Waals surface area (Å²) < 4.78 is 6.47. The third-order valence-electron chi connectivity index (χ3n) is 4.67. The molecule has 2 atom stereocenters. The first kappa shape index (κ1) is 15.6. The number of hydrogen-bond acceptors (Lipinski definition) is 5. The van der Waals surface area contributed by atoms with Gasteiger partial charge in [-0.05, 0) is 23.8 Å². The maximum Gasteiger partial charge on any atom is 0.120 e. The molecule has 0 spiro atoms. The molecule has 4 nitrogen and oxygen atoms in total. The number of rotatable bonds is 4. The molecule has 2 N–H and O–H groups in total. The number of thiazole rings is 1. The van der Waals surface area contributed by atoms with Crippen LogP contribution in [-0.2, 0) is 6.54 Å². The Balaban J connectivity index is 1.50. The Morgan fingerprint density at radius 1 is 1.21 bits per heavy atom. The smallest absolute Gasteiger partial charge is 0.120 e. The fourth-order valence-corrected chi connectivity index (χ4v) is 4.47. The first-order chi connectivity index (χ1) is 11.7. The number of benzene rings is 2. The highest BCUT2D eigenvalue weighted by Crippen LogP contribution is 2.30. The molecule has 1 aliphatic rings. The van der Waals surface area contributed by atoms with Crippen molar-refractivity contribution in [3.8, 4) is 5.75 Å². The van der Waals surface area contributed by atoms with Gasteiger partial charge in [-0.2, -0.15) is 0 Å². The average molecular weight is 339 g/mol. The van der Waals surface area contributed by atoms with Crippen LogP contribution < -0.4 is 10.5 Å². The molecule has 0 unspecified atom stereocenters. The molecule has 1 saturated heterocycles. The summed E-state index contributed by atoms with van der Waals surface area (Å²) in [4.78, 5) is 7.17. The van der Waals surface area contributed by atoms with E-state index in [2.05, 4.69) is 41.3 Å². The van der Waals surface area contributed by atoms with Crippen LogP contribution in [0.2, 0.25) is 0 Å². The van der Waals surface area contributed by atoms with E-state index in [9.17, 15) is 0 Å². The van der Waals surface area contributed by atoms with Gasteiger partial charge in [-0.15, -0.1) is 11.3 Å². The van der Waals surface area contributed by atoms with E-state index in [0.717, 1.165) is 35.9 Å². The van der Waals surface area contributed by atoms with Gasteiger partial charge in [0.05, 0.1) is 23.9 Å². The standard InChI is InChI=1S/C19H21N3OS/c1-23-14-7-8-17-18(9-14)24-19(21-17)12-22-10-15(16(20)11-22)13-5-3-2-4-6-13/h2-9,15-16H,10-12,20H2,1H3/t15-,16+/m0/s1. The summed E-state index contributed by atoms with van der Waals surface area (Å²) in [5.74, 6) is 1.28. The highest BCUT2D eigenvalue weighted by Gasteiger charge is 2.31. The van der Waals surface area contributed by atoms with Crippen molar-refractivity contribution in [1.29, 1.82) is 0 Å².